The van der Waals surface area contributed by atoms with Crippen molar-refractivity contribution < 1.29 is 35.6 Å². The van der Waals surface area contributed by atoms with Gasteiger partial charge in [0, 0.05) is 13.1 Å². The summed E-state index contributed by atoms with van der Waals surface area (Å²) >= 11 is 5.65. The molecule has 13 heteroatoms. The highest BCUT2D eigenvalue weighted by Gasteiger charge is 2.35. The molecule has 0 radical (unpaired) electrons. The zero-order chi connectivity index (χ0) is 28.1. The minimum atomic E-state index is -4.86. The maximum absolute atomic E-state index is 13.4. The summed E-state index contributed by atoms with van der Waals surface area (Å²) in [5.74, 6) is -1.77. The molecule has 0 aliphatic carbocycles. The largest absolute Gasteiger partial charge is 0.417 e. The summed E-state index contributed by atoms with van der Waals surface area (Å²) in [7, 11) is -4.24. The number of hydrogen-bond donors (Lipinski definition) is 1. The van der Waals surface area contributed by atoms with Gasteiger partial charge in [0.05, 0.1) is 22.5 Å². The average molecular weight is 566 g/mol. The monoisotopic (exact) mass is 565 g/mol. The van der Waals surface area contributed by atoms with Crippen molar-refractivity contribution in [2.24, 2.45) is 5.92 Å². The molecule has 2 amide bonds. The van der Waals surface area contributed by atoms with Crippen LogP contribution in [-0.2, 0) is 32.3 Å². The number of hydrogen-bond acceptors (Lipinski definition) is 4. The number of nitrogens with one attached hydrogen (secondary N) is 1. The molecule has 1 N–H and O–H groups in total. The number of halogens is 5. The quantitative estimate of drug-likeness (QED) is 0.431. The van der Waals surface area contributed by atoms with E-state index in [-0.39, 0.29) is 12.5 Å². The standard InChI is InChI=1S/C24H28ClF4N3O4S/c1-15(2)12-30-23(34)16(3)31(13-17-5-7-18(26)8-6-17)22(33)14-32(37(4,35)36)19-9-10-21(25)20(11-19)24(27,28)29/h5-11,15-16H,12-14H2,1-4H3,(H,30,34)/t16-/m1/s1. The lowest BCUT2D eigenvalue weighted by atomic mass is 10.1. The molecular formula is C24H28ClF4N3O4S. The van der Waals surface area contributed by atoms with Gasteiger partial charge >= 0.3 is 6.18 Å². The first kappa shape index (κ1) is 30.4. The first-order chi connectivity index (χ1) is 17.0. The number of carbonyl (C=O) groups is 2. The van der Waals surface area contributed by atoms with E-state index in [1.54, 1.807) is 0 Å². The van der Waals surface area contributed by atoms with Crippen LogP contribution in [0, 0.1) is 11.7 Å². The predicted octanol–water partition coefficient (Wildman–Crippen LogP) is 4.45. The van der Waals surface area contributed by atoms with Crippen LogP contribution in [0.1, 0.15) is 31.9 Å². The summed E-state index contributed by atoms with van der Waals surface area (Å²) in [6.45, 7) is 4.44. The van der Waals surface area contributed by atoms with E-state index in [1.165, 1.54) is 19.1 Å². The average Bonchev–Trinajstić information content (AvgIpc) is 2.79. The summed E-state index contributed by atoms with van der Waals surface area (Å²) in [6.07, 6.45) is -4.12. The molecule has 0 aliphatic heterocycles. The number of sulfonamides is 1. The van der Waals surface area contributed by atoms with Crippen LogP contribution < -0.4 is 9.62 Å². The molecule has 2 aromatic carbocycles. The maximum atomic E-state index is 13.4. The van der Waals surface area contributed by atoms with Gasteiger partial charge in [-0.25, -0.2) is 12.8 Å². The molecule has 0 saturated carbocycles. The third-order valence-corrected chi connectivity index (χ3v) is 6.81. The lowest BCUT2D eigenvalue weighted by Gasteiger charge is -2.31. The molecule has 2 rings (SSSR count). The fraction of sp³-hybridized carbons (Fsp3) is 0.417. The summed E-state index contributed by atoms with van der Waals surface area (Å²) in [4.78, 5) is 27.2. The van der Waals surface area contributed by atoms with E-state index in [0.29, 0.717) is 22.5 Å². The Balaban J connectivity index is 2.45. The van der Waals surface area contributed by atoms with Crippen LogP contribution in [0.5, 0.6) is 0 Å². The molecule has 2 aromatic rings. The number of alkyl halides is 3. The van der Waals surface area contributed by atoms with Gasteiger partial charge in [0.2, 0.25) is 21.8 Å². The fourth-order valence-electron chi connectivity index (χ4n) is 3.32. The van der Waals surface area contributed by atoms with Crippen molar-refractivity contribution in [3.05, 3.63) is 64.4 Å². The highest BCUT2D eigenvalue weighted by molar-refractivity contribution is 7.92. The van der Waals surface area contributed by atoms with Crippen LogP contribution >= 0.6 is 11.6 Å². The molecule has 37 heavy (non-hydrogen) atoms. The number of nitrogens with zero attached hydrogens (tertiary/aromatic N) is 2. The lowest BCUT2D eigenvalue weighted by molar-refractivity contribution is -0.139. The van der Waals surface area contributed by atoms with Crippen LogP contribution in [0.4, 0.5) is 23.2 Å². The van der Waals surface area contributed by atoms with E-state index in [2.05, 4.69) is 5.32 Å². The van der Waals surface area contributed by atoms with Crippen LogP contribution in [0.2, 0.25) is 5.02 Å². The van der Waals surface area contributed by atoms with Crippen LogP contribution in [-0.4, -0.2) is 50.5 Å². The molecule has 0 aliphatic rings. The third-order valence-electron chi connectivity index (χ3n) is 5.34. The molecule has 0 unspecified atom stereocenters. The van der Waals surface area contributed by atoms with Crippen molar-refractivity contribution in [3.63, 3.8) is 0 Å². The molecule has 0 fully saturated rings. The minimum Gasteiger partial charge on any atom is -0.354 e. The van der Waals surface area contributed by atoms with Crippen LogP contribution in [0.25, 0.3) is 0 Å². The van der Waals surface area contributed by atoms with Gasteiger partial charge < -0.3 is 10.2 Å². The Kier molecular flexibility index (Phi) is 9.95. The highest BCUT2D eigenvalue weighted by atomic mass is 35.5. The summed E-state index contributed by atoms with van der Waals surface area (Å²) in [5, 5.41) is 2.06. The summed E-state index contributed by atoms with van der Waals surface area (Å²) in [6, 6.07) is 6.53. The second-order valence-corrected chi connectivity index (χ2v) is 11.2. The van der Waals surface area contributed by atoms with E-state index in [0.717, 1.165) is 35.4 Å². The molecule has 0 heterocycles. The Morgan fingerprint density at radius 3 is 2.16 bits per heavy atom. The zero-order valence-electron chi connectivity index (χ0n) is 20.6. The third kappa shape index (κ3) is 8.60. The van der Waals surface area contributed by atoms with Gasteiger partial charge in [-0.15, -0.1) is 0 Å². The van der Waals surface area contributed by atoms with Crippen molar-refractivity contribution in [1.82, 2.24) is 10.2 Å². The molecule has 204 valence electrons. The zero-order valence-corrected chi connectivity index (χ0v) is 22.2. The number of amides is 2. The first-order valence-corrected chi connectivity index (χ1v) is 13.4. The summed E-state index contributed by atoms with van der Waals surface area (Å²) in [5.41, 5.74) is -1.24. The Labute approximate surface area is 218 Å². The first-order valence-electron chi connectivity index (χ1n) is 11.2. The predicted molar refractivity (Wildman–Crippen MR) is 133 cm³/mol. The molecule has 0 spiro atoms. The Morgan fingerprint density at radius 2 is 1.65 bits per heavy atom. The van der Waals surface area contributed by atoms with Gasteiger partial charge in [0.1, 0.15) is 18.4 Å². The van der Waals surface area contributed by atoms with Crippen LogP contribution in [0.3, 0.4) is 0 Å². The lowest BCUT2D eigenvalue weighted by Crippen LogP contribution is -2.51. The summed E-state index contributed by atoms with van der Waals surface area (Å²) < 4.78 is 79.1. The van der Waals surface area contributed by atoms with E-state index in [1.807, 2.05) is 13.8 Å². The SMILES string of the molecule is CC(C)CNC(=O)[C@@H](C)N(Cc1ccc(F)cc1)C(=O)CN(c1ccc(Cl)c(C(F)(F)F)c1)S(C)(=O)=O. The Morgan fingerprint density at radius 1 is 1.05 bits per heavy atom. The topological polar surface area (TPSA) is 86.8 Å². The van der Waals surface area contributed by atoms with E-state index >= 15 is 0 Å². The van der Waals surface area contributed by atoms with Gasteiger partial charge in [-0.2, -0.15) is 13.2 Å². The normalized spacial score (nSPS) is 12.8. The van der Waals surface area contributed by atoms with Crippen molar-refractivity contribution in [2.45, 2.75) is 39.5 Å². The minimum absolute atomic E-state index is 0.117. The Hall–Kier alpha value is -2.86. The molecule has 0 saturated heterocycles. The molecule has 0 aromatic heterocycles. The van der Waals surface area contributed by atoms with Gasteiger partial charge in [0.15, 0.2) is 0 Å². The van der Waals surface area contributed by atoms with Gasteiger partial charge in [-0.05, 0) is 48.7 Å². The van der Waals surface area contributed by atoms with E-state index in [4.69, 9.17) is 11.6 Å². The smallest absolute Gasteiger partial charge is 0.354 e. The molecule has 1 atom stereocenters. The highest BCUT2D eigenvalue weighted by Crippen LogP contribution is 2.37. The van der Waals surface area contributed by atoms with Crippen molar-refractivity contribution in [1.29, 1.82) is 0 Å². The molecule has 7 nitrogen and oxygen atoms in total. The van der Waals surface area contributed by atoms with Gasteiger partial charge in [-0.1, -0.05) is 37.6 Å². The number of anilines is 1. The number of benzene rings is 2. The van der Waals surface area contributed by atoms with Crippen molar-refractivity contribution in [3.8, 4) is 0 Å². The number of rotatable bonds is 10. The van der Waals surface area contributed by atoms with E-state index < -0.39 is 62.7 Å². The second kappa shape index (κ2) is 12.1. The Bertz CT molecular complexity index is 1220. The second-order valence-electron chi connectivity index (χ2n) is 8.89. The van der Waals surface area contributed by atoms with E-state index in [9.17, 15) is 35.6 Å². The maximum Gasteiger partial charge on any atom is 0.417 e. The van der Waals surface area contributed by atoms with Crippen molar-refractivity contribution in [2.75, 3.05) is 23.7 Å². The fourth-order valence-corrected chi connectivity index (χ4v) is 4.39. The van der Waals surface area contributed by atoms with Gasteiger partial charge in [0.25, 0.3) is 0 Å². The number of carbonyl (C=O) groups excluding carboxylic acids is 2. The molecule has 0 bridgehead atoms. The molecular weight excluding hydrogens is 538 g/mol. The van der Waals surface area contributed by atoms with Crippen molar-refractivity contribution >= 4 is 39.1 Å². The van der Waals surface area contributed by atoms with Crippen LogP contribution in [0.15, 0.2) is 42.5 Å². The van der Waals surface area contributed by atoms with Gasteiger partial charge in [-0.3, -0.25) is 13.9 Å².